The molecule has 4 aromatic rings. The van der Waals surface area contributed by atoms with Crippen molar-refractivity contribution < 1.29 is 14.3 Å². The van der Waals surface area contributed by atoms with E-state index in [1.165, 1.54) is 28.8 Å². The van der Waals surface area contributed by atoms with E-state index >= 15 is 0 Å². The monoisotopic (exact) mass is 541 g/mol. The molecule has 0 saturated carbocycles. The summed E-state index contributed by atoms with van der Waals surface area (Å²) in [5, 5.41) is 9.82. The first kappa shape index (κ1) is 25.5. The van der Waals surface area contributed by atoms with Crippen molar-refractivity contribution in [2.75, 3.05) is 38.3 Å². The first-order valence-electron chi connectivity index (χ1n) is 13.2. The van der Waals surface area contributed by atoms with Gasteiger partial charge in [0.15, 0.2) is 5.82 Å². The number of methoxy groups -OCH3 is 1. The molecule has 0 spiro atoms. The molecule has 0 N–H and O–H groups in total. The molecular formula is C30H31N5O3S. The van der Waals surface area contributed by atoms with E-state index < -0.39 is 6.04 Å². The Balaban J connectivity index is 1.42. The van der Waals surface area contributed by atoms with E-state index in [2.05, 4.69) is 82.0 Å². The van der Waals surface area contributed by atoms with Crippen LogP contribution in [0.25, 0.3) is 16.1 Å². The van der Waals surface area contributed by atoms with Crippen LogP contribution < -0.4 is 4.90 Å². The van der Waals surface area contributed by atoms with Gasteiger partial charge in [-0.1, -0.05) is 36.4 Å². The van der Waals surface area contributed by atoms with E-state index in [0.717, 1.165) is 59.5 Å². The Morgan fingerprint density at radius 1 is 1.03 bits per heavy atom. The molecule has 1 fully saturated rings. The Kier molecular flexibility index (Phi) is 6.78. The molecule has 0 radical (unpaired) electrons. The molecule has 1 saturated heterocycles. The summed E-state index contributed by atoms with van der Waals surface area (Å²) in [7, 11) is 1.40. The quantitative estimate of drug-likeness (QED) is 0.323. The lowest BCUT2D eigenvalue weighted by Gasteiger charge is -2.29. The molecule has 0 bridgehead atoms. The molecule has 6 rings (SSSR count). The van der Waals surface area contributed by atoms with Crippen LogP contribution in [0.15, 0.2) is 53.5 Å². The summed E-state index contributed by atoms with van der Waals surface area (Å²) >= 11 is 1.70. The van der Waals surface area contributed by atoms with Gasteiger partial charge in [0.05, 0.1) is 32.5 Å². The largest absolute Gasteiger partial charge is 0.469 e. The van der Waals surface area contributed by atoms with Gasteiger partial charge in [-0.05, 0) is 49.6 Å². The van der Waals surface area contributed by atoms with Crippen molar-refractivity contribution in [2.24, 2.45) is 4.99 Å². The van der Waals surface area contributed by atoms with Crippen LogP contribution in [0.5, 0.6) is 0 Å². The van der Waals surface area contributed by atoms with Gasteiger partial charge in [0.2, 0.25) is 0 Å². The number of ether oxygens (including phenoxy) is 2. The average Bonchev–Trinajstić information content (AvgIpc) is 3.45. The molecule has 0 amide bonds. The van der Waals surface area contributed by atoms with Gasteiger partial charge < -0.3 is 14.4 Å². The highest BCUT2D eigenvalue weighted by molar-refractivity contribution is 7.15. The van der Waals surface area contributed by atoms with Gasteiger partial charge in [-0.2, -0.15) is 0 Å². The number of rotatable bonds is 5. The molecule has 0 unspecified atom stereocenters. The van der Waals surface area contributed by atoms with Crippen molar-refractivity contribution in [2.45, 2.75) is 33.2 Å². The second kappa shape index (κ2) is 10.4. The third-order valence-corrected chi connectivity index (χ3v) is 8.73. The zero-order chi connectivity index (χ0) is 27.1. The number of anilines is 1. The summed E-state index contributed by atoms with van der Waals surface area (Å²) in [6, 6.07) is 16.7. The predicted octanol–water partition coefficient (Wildman–Crippen LogP) is 5.21. The number of aromatic nitrogens is 3. The van der Waals surface area contributed by atoms with Crippen LogP contribution in [0.3, 0.4) is 0 Å². The second-order valence-electron chi connectivity index (χ2n) is 9.91. The summed E-state index contributed by atoms with van der Waals surface area (Å²) < 4.78 is 12.6. The molecule has 2 aromatic carbocycles. The molecule has 2 aliphatic rings. The first-order valence-corrected chi connectivity index (χ1v) is 14.0. The van der Waals surface area contributed by atoms with Crippen LogP contribution >= 0.6 is 11.3 Å². The molecule has 9 heteroatoms. The van der Waals surface area contributed by atoms with Gasteiger partial charge in [-0.15, -0.1) is 21.5 Å². The number of hydrogen-bond donors (Lipinski definition) is 0. The number of thiophene rings is 1. The van der Waals surface area contributed by atoms with Crippen LogP contribution in [0.1, 0.15) is 45.7 Å². The van der Waals surface area contributed by atoms with Crippen molar-refractivity contribution in [3.8, 4) is 16.1 Å². The van der Waals surface area contributed by atoms with E-state index in [-0.39, 0.29) is 12.4 Å². The molecule has 1 atom stereocenters. The van der Waals surface area contributed by atoms with Crippen LogP contribution in [0.4, 0.5) is 5.69 Å². The summed E-state index contributed by atoms with van der Waals surface area (Å²) in [5.74, 6) is 1.10. The highest BCUT2D eigenvalue weighted by atomic mass is 32.1. The van der Waals surface area contributed by atoms with E-state index in [1.807, 2.05) is 6.92 Å². The van der Waals surface area contributed by atoms with Crippen molar-refractivity contribution >= 4 is 28.7 Å². The Labute approximate surface area is 231 Å². The lowest BCUT2D eigenvalue weighted by Crippen LogP contribution is -2.36. The third-order valence-electron chi connectivity index (χ3n) is 7.54. The molecule has 4 heterocycles. The topological polar surface area (TPSA) is 81.8 Å². The van der Waals surface area contributed by atoms with Gasteiger partial charge in [-0.3, -0.25) is 14.4 Å². The number of benzene rings is 2. The Bertz CT molecular complexity index is 1560. The number of hydrogen-bond acceptors (Lipinski definition) is 8. The minimum Gasteiger partial charge on any atom is -0.469 e. The van der Waals surface area contributed by atoms with Crippen LogP contribution in [0, 0.1) is 20.8 Å². The standard InChI is InChI=1S/C30H31N5O3S/c1-18-19(2)39-30-27(18)28(31-25(17-26(36)37-4)29-33-32-20(3)35(29)30)22-10-8-21(9-11-22)23-6-5-7-24(16-23)34-12-14-38-15-13-34/h5-11,16,25H,12-15,17H2,1-4H3/t25-/m0/s1. The van der Waals surface area contributed by atoms with Crippen molar-refractivity contribution in [3.63, 3.8) is 0 Å². The maximum atomic E-state index is 12.4. The fourth-order valence-corrected chi connectivity index (χ4v) is 6.50. The van der Waals surface area contributed by atoms with Crippen molar-refractivity contribution in [1.82, 2.24) is 14.8 Å². The molecule has 0 aliphatic carbocycles. The molecule has 200 valence electrons. The Hall–Kier alpha value is -3.82. The molecule has 8 nitrogen and oxygen atoms in total. The number of carbonyl (C=O) groups is 1. The summed E-state index contributed by atoms with van der Waals surface area (Å²) in [4.78, 5) is 21.1. The van der Waals surface area contributed by atoms with Crippen LogP contribution in [-0.2, 0) is 14.3 Å². The van der Waals surface area contributed by atoms with E-state index in [9.17, 15) is 4.79 Å². The Morgan fingerprint density at radius 3 is 2.51 bits per heavy atom. The van der Waals surface area contributed by atoms with Crippen molar-refractivity contribution in [3.05, 3.63) is 81.7 Å². The van der Waals surface area contributed by atoms with Crippen LogP contribution in [-0.4, -0.2) is 59.9 Å². The van der Waals surface area contributed by atoms with Gasteiger partial charge >= 0.3 is 5.97 Å². The van der Waals surface area contributed by atoms with Gasteiger partial charge in [0.1, 0.15) is 16.9 Å². The lowest BCUT2D eigenvalue weighted by atomic mass is 9.97. The predicted molar refractivity (Wildman–Crippen MR) is 153 cm³/mol. The number of morpholine rings is 1. The zero-order valence-corrected chi connectivity index (χ0v) is 23.4. The summed E-state index contributed by atoms with van der Waals surface area (Å²) in [6.45, 7) is 9.53. The number of aliphatic imine (C=N–C) groups is 1. The number of fused-ring (bicyclic) bond motifs is 3. The van der Waals surface area contributed by atoms with E-state index in [1.54, 1.807) is 11.3 Å². The zero-order valence-electron chi connectivity index (χ0n) is 22.6. The number of carbonyl (C=O) groups excluding carboxylic acids is 1. The first-order chi connectivity index (χ1) is 18.9. The minimum atomic E-state index is -0.502. The highest BCUT2D eigenvalue weighted by Crippen LogP contribution is 2.40. The molecule has 2 aromatic heterocycles. The minimum absolute atomic E-state index is 0.0948. The van der Waals surface area contributed by atoms with E-state index in [4.69, 9.17) is 14.5 Å². The third kappa shape index (κ3) is 4.66. The number of nitrogens with zero attached hydrogens (tertiary/aromatic N) is 5. The molecular weight excluding hydrogens is 510 g/mol. The average molecular weight is 542 g/mol. The van der Waals surface area contributed by atoms with Gasteiger partial charge in [-0.25, -0.2) is 0 Å². The smallest absolute Gasteiger partial charge is 0.308 e. The normalized spacial score (nSPS) is 16.8. The van der Waals surface area contributed by atoms with Crippen molar-refractivity contribution in [1.29, 1.82) is 0 Å². The molecule has 39 heavy (non-hydrogen) atoms. The second-order valence-corrected chi connectivity index (χ2v) is 11.1. The Morgan fingerprint density at radius 2 is 1.77 bits per heavy atom. The number of esters is 1. The summed E-state index contributed by atoms with van der Waals surface area (Å²) in [6.07, 6.45) is 0.0948. The van der Waals surface area contributed by atoms with E-state index in [0.29, 0.717) is 5.82 Å². The number of aryl methyl sites for hydroxylation is 2. The fourth-order valence-electron chi connectivity index (χ4n) is 5.29. The van der Waals surface area contributed by atoms with Gasteiger partial charge in [0, 0.05) is 34.8 Å². The maximum absolute atomic E-state index is 12.4. The maximum Gasteiger partial charge on any atom is 0.308 e. The fraction of sp³-hybridized carbons (Fsp3) is 0.333. The van der Waals surface area contributed by atoms with Crippen LogP contribution in [0.2, 0.25) is 0 Å². The lowest BCUT2D eigenvalue weighted by molar-refractivity contribution is -0.141. The molecule has 2 aliphatic heterocycles. The highest BCUT2D eigenvalue weighted by Gasteiger charge is 2.32. The summed E-state index contributed by atoms with van der Waals surface area (Å²) in [5.41, 5.74) is 7.62. The van der Waals surface area contributed by atoms with Gasteiger partial charge in [0.25, 0.3) is 0 Å². The SMILES string of the molecule is COC(=O)C[C@@H]1N=C(c2ccc(-c3cccc(N4CCOCC4)c3)cc2)c2c(sc(C)c2C)-n2c(C)nnc21.